The van der Waals surface area contributed by atoms with Gasteiger partial charge in [-0.25, -0.2) is 9.88 Å². The molecular weight excluding hydrogens is 314 g/mol. The minimum atomic E-state index is -0.545. The Morgan fingerprint density at radius 3 is 2.56 bits per heavy atom. The monoisotopic (exact) mass is 333 g/mol. The van der Waals surface area contributed by atoms with Gasteiger partial charge in [-0.3, -0.25) is 14.6 Å². The summed E-state index contributed by atoms with van der Waals surface area (Å²) in [6.07, 6.45) is 7.84. The van der Waals surface area contributed by atoms with Gasteiger partial charge in [0.05, 0.1) is 5.92 Å². The first-order chi connectivity index (χ1) is 12.3. The molecule has 1 atom stereocenters. The number of anilines is 1. The first kappa shape index (κ1) is 15.7. The number of fused-ring (bicyclic) bond motifs is 1. The maximum atomic E-state index is 13.1. The molecule has 1 fully saturated rings. The maximum absolute atomic E-state index is 13.1. The van der Waals surface area contributed by atoms with E-state index in [1.165, 1.54) is 17.7 Å². The zero-order chi connectivity index (χ0) is 17.2. The first-order valence-corrected chi connectivity index (χ1v) is 8.67. The normalized spacial score (nSPS) is 21.1. The number of hydrogen-bond acceptors (Lipinski definition) is 4. The lowest BCUT2D eigenvalue weighted by Crippen LogP contribution is -2.46. The highest BCUT2D eigenvalue weighted by Gasteiger charge is 2.39. The highest BCUT2D eigenvalue weighted by molar-refractivity contribution is 6.28. The van der Waals surface area contributed by atoms with Crippen molar-refractivity contribution in [3.05, 3.63) is 59.8 Å². The fourth-order valence-electron chi connectivity index (χ4n) is 3.56. The highest BCUT2D eigenvalue weighted by Crippen LogP contribution is 2.31. The lowest BCUT2D eigenvalue weighted by molar-refractivity contribution is -0.118. The molecule has 25 heavy (non-hydrogen) atoms. The van der Waals surface area contributed by atoms with Crippen molar-refractivity contribution in [1.29, 1.82) is 0 Å². The smallest absolute Gasteiger partial charge is 0.266 e. The van der Waals surface area contributed by atoms with Gasteiger partial charge in [0.2, 0.25) is 5.91 Å². The molecule has 1 aliphatic heterocycles. The van der Waals surface area contributed by atoms with Gasteiger partial charge in [0.15, 0.2) is 0 Å². The van der Waals surface area contributed by atoms with Crippen LogP contribution in [-0.4, -0.2) is 29.1 Å². The molecule has 1 aromatic carbocycles. The maximum Gasteiger partial charge on any atom is 0.266 e. The van der Waals surface area contributed by atoms with Crippen molar-refractivity contribution in [2.45, 2.75) is 37.6 Å². The van der Waals surface area contributed by atoms with Crippen LogP contribution in [0.25, 0.3) is 0 Å². The molecule has 2 aliphatic rings. The molecule has 5 heteroatoms. The fraction of sp³-hybridized carbons (Fsp3) is 0.300. The number of imide groups is 1. The van der Waals surface area contributed by atoms with Crippen LogP contribution < -0.4 is 4.90 Å². The van der Waals surface area contributed by atoms with E-state index in [1.807, 2.05) is 18.2 Å². The Bertz CT molecular complexity index is 826. The Kier molecular flexibility index (Phi) is 4.14. The number of aromatic nitrogens is 1. The minimum Gasteiger partial charge on any atom is -0.293 e. The quantitative estimate of drug-likeness (QED) is 0.639. The molecule has 0 saturated heterocycles. The molecule has 2 aromatic rings. The molecule has 2 amide bonds. The van der Waals surface area contributed by atoms with Crippen molar-refractivity contribution in [2.24, 2.45) is 4.99 Å². The van der Waals surface area contributed by atoms with Crippen LogP contribution in [0.15, 0.2) is 53.7 Å². The average Bonchev–Trinajstić information content (AvgIpc) is 3.16. The number of benzene rings is 1. The van der Waals surface area contributed by atoms with Crippen molar-refractivity contribution >= 4 is 23.8 Å². The van der Waals surface area contributed by atoms with Crippen LogP contribution in [0.3, 0.4) is 0 Å². The summed E-state index contributed by atoms with van der Waals surface area (Å²) in [7, 11) is 0. The van der Waals surface area contributed by atoms with Crippen LogP contribution in [0.2, 0.25) is 0 Å². The van der Waals surface area contributed by atoms with E-state index < -0.39 is 5.92 Å². The molecule has 0 radical (unpaired) electrons. The van der Waals surface area contributed by atoms with Crippen LogP contribution >= 0.6 is 0 Å². The zero-order valence-electron chi connectivity index (χ0n) is 13.8. The summed E-state index contributed by atoms with van der Waals surface area (Å²) >= 11 is 0. The van der Waals surface area contributed by atoms with Crippen molar-refractivity contribution in [1.82, 2.24) is 4.98 Å². The molecule has 1 aromatic heterocycles. The van der Waals surface area contributed by atoms with Crippen molar-refractivity contribution in [2.75, 3.05) is 4.90 Å². The number of amides is 2. The number of carbonyl (C=O) groups is 2. The summed E-state index contributed by atoms with van der Waals surface area (Å²) in [5.74, 6) is -0.809. The molecule has 1 aliphatic carbocycles. The van der Waals surface area contributed by atoms with E-state index in [1.54, 1.807) is 36.7 Å². The highest BCUT2D eigenvalue weighted by atomic mass is 16.2. The van der Waals surface area contributed by atoms with Gasteiger partial charge in [-0.05, 0) is 36.6 Å². The van der Waals surface area contributed by atoms with Crippen LogP contribution in [-0.2, 0) is 4.79 Å². The van der Waals surface area contributed by atoms with E-state index in [-0.39, 0.29) is 11.8 Å². The molecule has 5 nitrogen and oxygen atoms in total. The van der Waals surface area contributed by atoms with Crippen LogP contribution in [0.4, 0.5) is 5.82 Å². The molecule has 126 valence electrons. The number of aliphatic imine (C=N–C) groups is 1. The van der Waals surface area contributed by atoms with E-state index in [0.717, 1.165) is 18.4 Å². The largest absolute Gasteiger partial charge is 0.293 e. The zero-order valence-corrected chi connectivity index (χ0v) is 13.8. The molecule has 0 unspecified atom stereocenters. The number of carbonyl (C=O) groups excluding carboxylic acids is 2. The first-order valence-electron chi connectivity index (χ1n) is 8.67. The Labute approximate surface area is 146 Å². The van der Waals surface area contributed by atoms with Gasteiger partial charge in [-0.2, -0.15) is 0 Å². The lowest BCUT2D eigenvalue weighted by atomic mass is 9.89. The summed E-state index contributed by atoms with van der Waals surface area (Å²) in [5, 5.41) is 0. The molecule has 2 heterocycles. The third-order valence-corrected chi connectivity index (χ3v) is 4.86. The Hall–Kier alpha value is -2.82. The summed E-state index contributed by atoms with van der Waals surface area (Å²) in [6, 6.07) is 12.8. The standard InChI is InChI=1S/C20H19N3O2/c24-19-16-10-4-3-9-15(16)17(13-22-14-7-1-2-8-14)20(25)23(19)18-11-5-6-12-21-18/h3-6,9-14,17H,1-2,7-8H2/t17-/m1/s1. The molecule has 1 saturated carbocycles. The van der Waals surface area contributed by atoms with Crippen molar-refractivity contribution in [3.63, 3.8) is 0 Å². The van der Waals surface area contributed by atoms with E-state index in [4.69, 9.17) is 0 Å². The topological polar surface area (TPSA) is 62.6 Å². The van der Waals surface area contributed by atoms with Crippen LogP contribution in [0, 0.1) is 0 Å². The summed E-state index contributed by atoms with van der Waals surface area (Å²) in [6.45, 7) is 0. The van der Waals surface area contributed by atoms with Crippen LogP contribution in [0.1, 0.15) is 47.5 Å². The minimum absolute atomic E-state index is 0.288. The number of pyridine rings is 1. The lowest BCUT2D eigenvalue weighted by Gasteiger charge is -2.30. The molecule has 4 rings (SSSR count). The number of hydrogen-bond donors (Lipinski definition) is 0. The van der Waals surface area contributed by atoms with Gasteiger partial charge in [-0.1, -0.05) is 37.1 Å². The van der Waals surface area contributed by atoms with Crippen molar-refractivity contribution in [3.8, 4) is 0 Å². The molecule has 0 spiro atoms. The number of nitrogens with zero attached hydrogens (tertiary/aromatic N) is 3. The van der Waals surface area contributed by atoms with Gasteiger partial charge < -0.3 is 0 Å². The van der Waals surface area contributed by atoms with Gasteiger partial charge in [0.1, 0.15) is 5.82 Å². The Balaban J connectivity index is 1.75. The SMILES string of the molecule is O=C1c2ccccc2[C@@H](C=NC2CCCC2)C(=O)N1c1ccccn1. The third-order valence-electron chi connectivity index (χ3n) is 4.86. The van der Waals surface area contributed by atoms with E-state index in [2.05, 4.69) is 9.98 Å². The van der Waals surface area contributed by atoms with Gasteiger partial charge in [-0.15, -0.1) is 0 Å². The van der Waals surface area contributed by atoms with E-state index >= 15 is 0 Å². The van der Waals surface area contributed by atoms with Crippen molar-refractivity contribution < 1.29 is 9.59 Å². The third kappa shape index (κ3) is 2.86. The Morgan fingerprint density at radius 1 is 1.04 bits per heavy atom. The molecular formula is C20H19N3O2. The summed E-state index contributed by atoms with van der Waals surface area (Å²) in [5.41, 5.74) is 1.27. The predicted octanol–water partition coefficient (Wildman–Crippen LogP) is 3.37. The average molecular weight is 333 g/mol. The molecule has 0 bridgehead atoms. The van der Waals surface area contributed by atoms with Gasteiger partial charge in [0, 0.05) is 24.0 Å². The van der Waals surface area contributed by atoms with Crippen LogP contribution in [0.5, 0.6) is 0 Å². The molecule has 0 N–H and O–H groups in total. The fourth-order valence-corrected chi connectivity index (χ4v) is 3.56. The summed E-state index contributed by atoms with van der Waals surface area (Å²) in [4.78, 5) is 35.9. The van der Waals surface area contributed by atoms with E-state index in [0.29, 0.717) is 17.4 Å². The predicted molar refractivity (Wildman–Crippen MR) is 96.0 cm³/mol. The Morgan fingerprint density at radius 2 is 1.80 bits per heavy atom. The second-order valence-corrected chi connectivity index (χ2v) is 6.47. The number of rotatable bonds is 3. The second kappa shape index (κ2) is 6.59. The van der Waals surface area contributed by atoms with Gasteiger partial charge >= 0.3 is 0 Å². The summed E-state index contributed by atoms with van der Waals surface area (Å²) < 4.78 is 0. The van der Waals surface area contributed by atoms with Gasteiger partial charge in [0.25, 0.3) is 5.91 Å². The second-order valence-electron chi connectivity index (χ2n) is 6.47. The van der Waals surface area contributed by atoms with E-state index in [9.17, 15) is 9.59 Å².